The molecule has 1 aliphatic carbocycles. The van der Waals surface area contributed by atoms with E-state index in [0.29, 0.717) is 5.92 Å². The van der Waals surface area contributed by atoms with Gasteiger partial charge in [-0.3, -0.25) is 0 Å². The first-order valence-electron chi connectivity index (χ1n) is 6.25. The lowest BCUT2D eigenvalue weighted by Crippen LogP contribution is -2.43. The Hall–Kier alpha value is -1.12. The summed E-state index contributed by atoms with van der Waals surface area (Å²) in [4.78, 5) is 7.85. The van der Waals surface area contributed by atoms with Gasteiger partial charge in [-0.15, -0.1) is 0 Å². The van der Waals surface area contributed by atoms with Crippen LogP contribution in [0.2, 0.25) is 0 Å². The average Bonchev–Trinajstić information content (AvgIpc) is 2.72. The molecule has 0 aromatic carbocycles. The SMILES string of the molecule is N#Cc1sc(N2CCNCC2)nc1C1CCC1. The number of hydrogen-bond donors (Lipinski definition) is 1. The summed E-state index contributed by atoms with van der Waals surface area (Å²) in [5, 5.41) is 13.6. The van der Waals surface area contributed by atoms with Gasteiger partial charge in [0.25, 0.3) is 0 Å². The van der Waals surface area contributed by atoms with Gasteiger partial charge in [0.2, 0.25) is 0 Å². The Morgan fingerprint density at radius 3 is 2.71 bits per heavy atom. The number of nitrogens with zero attached hydrogens (tertiary/aromatic N) is 3. The summed E-state index contributed by atoms with van der Waals surface area (Å²) in [7, 11) is 0. The van der Waals surface area contributed by atoms with E-state index in [1.807, 2.05) is 0 Å². The third-order valence-corrected chi connectivity index (χ3v) is 4.66. The number of thiazole rings is 1. The van der Waals surface area contributed by atoms with Crippen molar-refractivity contribution >= 4 is 16.5 Å². The first-order valence-corrected chi connectivity index (χ1v) is 7.06. The Labute approximate surface area is 105 Å². The zero-order valence-electron chi connectivity index (χ0n) is 9.78. The molecule has 0 radical (unpaired) electrons. The molecule has 0 unspecified atom stereocenters. The Balaban J connectivity index is 1.85. The van der Waals surface area contributed by atoms with Crippen molar-refractivity contribution < 1.29 is 0 Å². The standard InChI is InChI=1S/C12H16N4S/c13-8-10-11(9-2-1-3-9)15-12(17-10)16-6-4-14-5-7-16/h9,14H,1-7H2. The maximum Gasteiger partial charge on any atom is 0.186 e. The van der Waals surface area contributed by atoms with Gasteiger partial charge in [0.15, 0.2) is 5.13 Å². The molecule has 1 saturated carbocycles. The fourth-order valence-corrected chi connectivity index (χ4v) is 3.35. The van der Waals surface area contributed by atoms with Gasteiger partial charge >= 0.3 is 0 Å². The highest BCUT2D eigenvalue weighted by atomic mass is 32.1. The van der Waals surface area contributed by atoms with Crippen LogP contribution in [0.25, 0.3) is 0 Å². The van der Waals surface area contributed by atoms with E-state index in [0.717, 1.165) is 41.9 Å². The van der Waals surface area contributed by atoms with E-state index in [1.165, 1.54) is 19.3 Å². The minimum Gasteiger partial charge on any atom is -0.346 e. The lowest BCUT2D eigenvalue weighted by atomic mass is 9.82. The number of piperazine rings is 1. The predicted octanol–water partition coefficient (Wildman–Crippen LogP) is 1.69. The molecule has 3 rings (SSSR count). The van der Waals surface area contributed by atoms with E-state index in [4.69, 9.17) is 4.98 Å². The van der Waals surface area contributed by atoms with Crippen molar-refractivity contribution in [3.05, 3.63) is 10.6 Å². The number of anilines is 1. The Morgan fingerprint density at radius 2 is 2.12 bits per heavy atom. The van der Waals surface area contributed by atoms with E-state index >= 15 is 0 Å². The largest absolute Gasteiger partial charge is 0.346 e. The highest BCUT2D eigenvalue weighted by molar-refractivity contribution is 7.16. The number of rotatable bonds is 2. The second-order valence-corrected chi connectivity index (χ2v) is 5.67. The summed E-state index contributed by atoms with van der Waals surface area (Å²) in [5.41, 5.74) is 1.07. The van der Waals surface area contributed by atoms with Crippen LogP contribution in [-0.4, -0.2) is 31.2 Å². The molecule has 1 aromatic rings. The second kappa shape index (κ2) is 4.63. The second-order valence-electron chi connectivity index (χ2n) is 4.69. The molecule has 1 N–H and O–H groups in total. The fourth-order valence-electron chi connectivity index (χ4n) is 2.35. The zero-order valence-corrected chi connectivity index (χ0v) is 10.6. The molecule has 4 nitrogen and oxygen atoms in total. The van der Waals surface area contributed by atoms with Gasteiger partial charge < -0.3 is 10.2 Å². The van der Waals surface area contributed by atoms with Crippen LogP contribution in [0.5, 0.6) is 0 Å². The lowest BCUT2D eigenvalue weighted by Gasteiger charge is -2.27. The molecule has 2 heterocycles. The van der Waals surface area contributed by atoms with Gasteiger partial charge in [-0.1, -0.05) is 17.8 Å². The molecule has 1 aliphatic heterocycles. The van der Waals surface area contributed by atoms with Crippen LogP contribution < -0.4 is 10.2 Å². The molecule has 5 heteroatoms. The van der Waals surface area contributed by atoms with Crippen molar-refractivity contribution in [2.75, 3.05) is 31.1 Å². The quantitative estimate of drug-likeness (QED) is 0.865. The molecule has 1 aromatic heterocycles. The molecule has 1 saturated heterocycles. The number of nitriles is 1. The molecule has 0 amide bonds. The van der Waals surface area contributed by atoms with E-state index in [9.17, 15) is 5.26 Å². The van der Waals surface area contributed by atoms with E-state index < -0.39 is 0 Å². The van der Waals surface area contributed by atoms with Crippen LogP contribution in [0.4, 0.5) is 5.13 Å². The molecular weight excluding hydrogens is 232 g/mol. The van der Waals surface area contributed by atoms with E-state index in [-0.39, 0.29) is 0 Å². The molecule has 90 valence electrons. The fraction of sp³-hybridized carbons (Fsp3) is 0.667. The predicted molar refractivity (Wildman–Crippen MR) is 68.5 cm³/mol. The Kier molecular flexibility index (Phi) is 3.00. The summed E-state index contributed by atoms with van der Waals surface area (Å²) in [5.74, 6) is 0.553. The summed E-state index contributed by atoms with van der Waals surface area (Å²) in [6.45, 7) is 4.03. The topological polar surface area (TPSA) is 52.0 Å². The normalized spacial score (nSPS) is 21.0. The van der Waals surface area contributed by atoms with Crippen molar-refractivity contribution in [1.29, 1.82) is 5.26 Å². The van der Waals surface area contributed by atoms with Gasteiger partial charge in [-0.05, 0) is 12.8 Å². The zero-order chi connectivity index (χ0) is 11.7. The molecule has 0 bridgehead atoms. The third-order valence-electron chi connectivity index (χ3n) is 3.62. The van der Waals surface area contributed by atoms with Gasteiger partial charge in [0, 0.05) is 32.1 Å². The van der Waals surface area contributed by atoms with Crippen LogP contribution in [0.1, 0.15) is 35.8 Å². The summed E-state index contributed by atoms with van der Waals surface area (Å²) >= 11 is 1.57. The monoisotopic (exact) mass is 248 g/mol. The van der Waals surface area contributed by atoms with Crippen molar-refractivity contribution in [2.45, 2.75) is 25.2 Å². The summed E-state index contributed by atoms with van der Waals surface area (Å²) in [6, 6.07) is 2.32. The highest BCUT2D eigenvalue weighted by Crippen LogP contribution is 2.40. The summed E-state index contributed by atoms with van der Waals surface area (Å²) < 4.78 is 0. The first kappa shape index (κ1) is 11.0. The molecular formula is C12H16N4S. The van der Waals surface area contributed by atoms with Crippen molar-refractivity contribution in [3.63, 3.8) is 0 Å². The average molecular weight is 248 g/mol. The van der Waals surface area contributed by atoms with Crippen LogP contribution in [0, 0.1) is 11.3 Å². The number of hydrogen-bond acceptors (Lipinski definition) is 5. The molecule has 0 atom stereocenters. The van der Waals surface area contributed by atoms with Crippen LogP contribution in [-0.2, 0) is 0 Å². The maximum absolute atomic E-state index is 9.19. The van der Waals surface area contributed by atoms with Crippen LogP contribution >= 0.6 is 11.3 Å². The van der Waals surface area contributed by atoms with Crippen molar-refractivity contribution in [2.24, 2.45) is 0 Å². The minimum atomic E-state index is 0.553. The van der Waals surface area contributed by atoms with Crippen molar-refractivity contribution in [3.8, 4) is 6.07 Å². The van der Waals surface area contributed by atoms with Gasteiger partial charge in [0.05, 0.1) is 5.69 Å². The van der Waals surface area contributed by atoms with E-state index in [2.05, 4.69) is 16.3 Å². The van der Waals surface area contributed by atoms with Gasteiger partial charge in [-0.25, -0.2) is 4.98 Å². The molecule has 0 spiro atoms. The minimum absolute atomic E-state index is 0.553. The van der Waals surface area contributed by atoms with Crippen molar-refractivity contribution in [1.82, 2.24) is 10.3 Å². The number of nitrogens with one attached hydrogen (secondary N) is 1. The summed E-state index contributed by atoms with van der Waals surface area (Å²) in [6.07, 6.45) is 3.70. The maximum atomic E-state index is 9.19. The Morgan fingerprint density at radius 1 is 1.35 bits per heavy atom. The first-order chi connectivity index (χ1) is 8.38. The van der Waals surface area contributed by atoms with E-state index in [1.54, 1.807) is 11.3 Å². The van der Waals surface area contributed by atoms with Crippen LogP contribution in [0.3, 0.4) is 0 Å². The lowest BCUT2D eigenvalue weighted by molar-refractivity contribution is 0.412. The van der Waals surface area contributed by atoms with Gasteiger partial charge in [-0.2, -0.15) is 5.26 Å². The smallest absolute Gasteiger partial charge is 0.186 e. The number of aromatic nitrogens is 1. The van der Waals surface area contributed by atoms with Crippen LogP contribution in [0.15, 0.2) is 0 Å². The molecule has 17 heavy (non-hydrogen) atoms. The molecule has 2 fully saturated rings. The highest BCUT2D eigenvalue weighted by Gasteiger charge is 2.27. The molecule has 2 aliphatic rings. The Bertz CT molecular complexity index is 438. The van der Waals surface area contributed by atoms with Gasteiger partial charge in [0.1, 0.15) is 10.9 Å². The third kappa shape index (κ3) is 2.03.